The summed E-state index contributed by atoms with van der Waals surface area (Å²) in [6.45, 7) is 0. The number of hydrogen-bond donors (Lipinski definition) is 3. The van der Waals surface area contributed by atoms with E-state index in [1.54, 1.807) is 6.07 Å². The second-order valence-corrected chi connectivity index (χ2v) is 4.57. The summed E-state index contributed by atoms with van der Waals surface area (Å²) in [6.07, 6.45) is 0. The number of benzene rings is 2. The summed E-state index contributed by atoms with van der Waals surface area (Å²) in [4.78, 5) is 17.0. The molecule has 3 rings (SSSR count). The summed E-state index contributed by atoms with van der Waals surface area (Å²) >= 11 is 4.82. The van der Waals surface area contributed by atoms with E-state index in [1.807, 2.05) is 36.4 Å². The summed E-state index contributed by atoms with van der Waals surface area (Å²) in [5.74, 6) is -0.217. The Labute approximate surface area is 113 Å². The van der Waals surface area contributed by atoms with Crippen LogP contribution in [-0.4, -0.2) is 15.1 Å². The molecule has 0 aliphatic rings. The first kappa shape index (κ1) is 11.7. The van der Waals surface area contributed by atoms with Gasteiger partial charge in [0.15, 0.2) is 4.77 Å². The SMILES string of the molecule is O=c1[nH]c(=S)[nH]c(O)c1-c1cccc2ccccc12. The molecule has 0 saturated carbocycles. The van der Waals surface area contributed by atoms with Gasteiger partial charge in [-0.3, -0.25) is 9.78 Å². The smallest absolute Gasteiger partial charge is 0.263 e. The average molecular weight is 270 g/mol. The van der Waals surface area contributed by atoms with Crippen LogP contribution in [0.5, 0.6) is 5.88 Å². The van der Waals surface area contributed by atoms with Crippen LogP contribution in [0.15, 0.2) is 47.3 Å². The third kappa shape index (κ3) is 1.94. The van der Waals surface area contributed by atoms with Gasteiger partial charge < -0.3 is 10.1 Å². The van der Waals surface area contributed by atoms with Gasteiger partial charge >= 0.3 is 0 Å². The zero-order chi connectivity index (χ0) is 13.4. The van der Waals surface area contributed by atoms with Gasteiger partial charge in [-0.25, -0.2) is 0 Å². The van der Waals surface area contributed by atoms with Crippen molar-refractivity contribution in [2.75, 3.05) is 0 Å². The molecule has 3 aromatic rings. The van der Waals surface area contributed by atoms with Crippen molar-refractivity contribution in [2.45, 2.75) is 0 Å². The van der Waals surface area contributed by atoms with Crippen LogP contribution < -0.4 is 5.56 Å². The highest BCUT2D eigenvalue weighted by molar-refractivity contribution is 7.71. The molecule has 0 atom stereocenters. The molecule has 0 saturated heterocycles. The minimum Gasteiger partial charge on any atom is -0.494 e. The largest absolute Gasteiger partial charge is 0.494 e. The van der Waals surface area contributed by atoms with Gasteiger partial charge in [-0.15, -0.1) is 0 Å². The van der Waals surface area contributed by atoms with E-state index in [4.69, 9.17) is 12.2 Å². The first-order valence-electron chi connectivity index (χ1n) is 5.70. The van der Waals surface area contributed by atoms with Gasteiger partial charge in [0, 0.05) is 5.56 Å². The van der Waals surface area contributed by atoms with Crippen LogP contribution in [0.4, 0.5) is 0 Å². The highest BCUT2D eigenvalue weighted by Crippen LogP contribution is 2.30. The number of fused-ring (bicyclic) bond motifs is 1. The number of aromatic hydroxyl groups is 1. The molecule has 0 aliphatic carbocycles. The topological polar surface area (TPSA) is 68.9 Å². The van der Waals surface area contributed by atoms with E-state index in [-0.39, 0.29) is 16.2 Å². The van der Waals surface area contributed by atoms with Crippen LogP contribution >= 0.6 is 12.2 Å². The summed E-state index contributed by atoms with van der Waals surface area (Å²) in [5, 5.41) is 11.8. The van der Waals surface area contributed by atoms with Gasteiger partial charge in [-0.2, -0.15) is 0 Å². The molecule has 94 valence electrons. The monoisotopic (exact) mass is 270 g/mol. The number of nitrogens with one attached hydrogen (secondary N) is 2. The summed E-state index contributed by atoms with van der Waals surface area (Å²) < 4.78 is 0.103. The van der Waals surface area contributed by atoms with E-state index in [1.165, 1.54) is 0 Å². The predicted octanol–water partition coefficient (Wildman–Crippen LogP) is 2.96. The standard InChI is InChI=1S/C14H10N2O2S/c17-12-11(13(18)16-14(19)15-12)10-7-3-5-8-4-1-2-6-9(8)10/h1-7H,(H3,15,16,17,18,19). The fourth-order valence-corrected chi connectivity index (χ4v) is 2.36. The minimum atomic E-state index is -0.405. The van der Waals surface area contributed by atoms with Gasteiger partial charge in [0.05, 0.1) is 0 Å². The van der Waals surface area contributed by atoms with Crippen molar-refractivity contribution in [3.63, 3.8) is 0 Å². The van der Waals surface area contributed by atoms with Crippen LogP contribution in [0.3, 0.4) is 0 Å². The van der Waals surface area contributed by atoms with Crippen molar-refractivity contribution in [2.24, 2.45) is 0 Å². The second-order valence-electron chi connectivity index (χ2n) is 4.16. The molecule has 0 amide bonds. The molecule has 0 bridgehead atoms. The Morgan fingerprint density at radius 2 is 1.74 bits per heavy atom. The maximum Gasteiger partial charge on any atom is 0.263 e. The summed E-state index contributed by atoms with van der Waals surface area (Å²) in [6, 6.07) is 13.3. The molecule has 1 aromatic heterocycles. The Bertz CT molecular complexity index is 875. The van der Waals surface area contributed by atoms with Crippen molar-refractivity contribution in [3.8, 4) is 17.0 Å². The Kier molecular flexibility index (Phi) is 2.68. The first-order valence-corrected chi connectivity index (χ1v) is 6.11. The van der Waals surface area contributed by atoms with Crippen LogP contribution in [0.2, 0.25) is 0 Å². The number of rotatable bonds is 1. The van der Waals surface area contributed by atoms with Crippen molar-refractivity contribution < 1.29 is 5.11 Å². The molecule has 1 heterocycles. The van der Waals surface area contributed by atoms with Gasteiger partial charge in [-0.1, -0.05) is 42.5 Å². The van der Waals surface area contributed by atoms with Gasteiger partial charge in [-0.05, 0) is 23.0 Å². The van der Waals surface area contributed by atoms with Crippen molar-refractivity contribution in [1.29, 1.82) is 0 Å². The molecular formula is C14H10N2O2S. The zero-order valence-corrected chi connectivity index (χ0v) is 10.6. The van der Waals surface area contributed by atoms with Gasteiger partial charge in [0.1, 0.15) is 5.56 Å². The van der Waals surface area contributed by atoms with E-state index in [2.05, 4.69) is 9.97 Å². The molecule has 0 fully saturated rings. The lowest BCUT2D eigenvalue weighted by Gasteiger charge is -2.07. The second kappa shape index (κ2) is 4.37. The van der Waals surface area contributed by atoms with Crippen LogP contribution in [0.1, 0.15) is 0 Å². The van der Waals surface area contributed by atoms with E-state index in [0.717, 1.165) is 10.8 Å². The average Bonchev–Trinajstić information content (AvgIpc) is 2.38. The molecule has 0 aliphatic heterocycles. The Hall–Kier alpha value is -2.40. The lowest BCUT2D eigenvalue weighted by atomic mass is 10.00. The number of aromatic amines is 2. The van der Waals surface area contributed by atoms with E-state index in [0.29, 0.717) is 5.56 Å². The molecule has 4 nitrogen and oxygen atoms in total. The zero-order valence-electron chi connectivity index (χ0n) is 9.81. The van der Waals surface area contributed by atoms with Crippen LogP contribution in [0, 0.1) is 4.77 Å². The Morgan fingerprint density at radius 3 is 2.53 bits per heavy atom. The van der Waals surface area contributed by atoms with E-state index >= 15 is 0 Å². The molecule has 0 spiro atoms. The minimum absolute atomic E-state index is 0.103. The number of aromatic nitrogens is 2. The van der Waals surface area contributed by atoms with Crippen LogP contribution in [-0.2, 0) is 0 Å². The third-order valence-corrected chi connectivity index (χ3v) is 3.19. The quantitative estimate of drug-likeness (QED) is 0.595. The normalized spacial score (nSPS) is 10.7. The van der Waals surface area contributed by atoms with Gasteiger partial charge in [0.25, 0.3) is 5.56 Å². The molecule has 19 heavy (non-hydrogen) atoms. The lowest BCUT2D eigenvalue weighted by Crippen LogP contribution is -2.10. The number of H-pyrrole nitrogens is 2. The number of hydrogen-bond acceptors (Lipinski definition) is 3. The Balaban J connectivity index is 2.44. The van der Waals surface area contributed by atoms with Crippen molar-refractivity contribution in [3.05, 3.63) is 57.6 Å². The first-order chi connectivity index (χ1) is 9.16. The highest BCUT2D eigenvalue weighted by atomic mass is 32.1. The fraction of sp³-hybridized carbons (Fsp3) is 0. The molecule has 5 heteroatoms. The fourth-order valence-electron chi connectivity index (χ4n) is 2.17. The Morgan fingerprint density at radius 1 is 1.00 bits per heavy atom. The van der Waals surface area contributed by atoms with E-state index in [9.17, 15) is 9.90 Å². The van der Waals surface area contributed by atoms with Crippen molar-refractivity contribution in [1.82, 2.24) is 9.97 Å². The molecular weight excluding hydrogens is 260 g/mol. The van der Waals surface area contributed by atoms with Gasteiger partial charge in [0.2, 0.25) is 5.88 Å². The maximum absolute atomic E-state index is 12.0. The van der Waals surface area contributed by atoms with E-state index < -0.39 is 5.56 Å². The highest BCUT2D eigenvalue weighted by Gasteiger charge is 2.12. The molecule has 2 aromatic carbocycles. The summed E-state index contributed by atoms with van der Waals surface area (Å²) in [7, 11) is 0. The predicted molar refractivity (Wildman–Crippen MR) is 76.9 cm³/mol. The lowest BCUT2D eigenvalue weighted by molar-refractivity contribution is 0.452. The third-order valence-electron chi connectivity index (χ3n) is 2.98. The molecule has 0 radical (unpaired) electrons. The van der Waals surface area contributed by atoms with Crippen molar-refractivity contribution >= 4 is 23.0 Å². The van der Waals surface area contributed by atoms with Crippen LogP contribution in [0.25, 0.3) is 21.9 Å². The molecule has 0 unspecified atom stereocenters. The summed E-state index contributed by atoms with van der Waals surface area (Å²) in [5.41, 5.74) is 0.464. The maximum atomic E-state index is 12.0. The molecule has 3 N–H and O–H groups in total.